The lowest BCUT2D eigenvalue weighted by Crippen LogP contribution is -2.29. The molecule has 16 heavy (non-hydrogen) atoms. The van der Waals surface area contributed by atoms with Crippen LogP contribution in [0.1, 0.15) is 40.5 Å². The van der Waals surface area contributed by atoms with Gasteiger partial charge in [0.2, 0.25) is 0 Å². The number of anilines is 2. The molecule has 0 atom stereocenters. The largest absolute Gasteiger partial charge is 0.384 e. The number of aromatic nitrogens is 1. The molecular formula is C13H23N3. The van der Waals surface area contributed by atoms with Gasteiger partial charge < -0.3 is 10.6 Å². The van der Waals surface area contributed by atoms with E-state index >= 15 is 0 Å². The first-order valence-electron chi connectivity index (χ1n) is 6.04. The number of nitrogens with one attached hydrogen (secondary N) is 2. The standard InChI is InChI=1S/C13H23N3/c1-5-7-15-11-8-12(10-14-9-11)16-13(3,4)6-2/h8-10,15-16H,5-7H2,1-4H3. The molecule has 1 aromatic rings. The number of nitrogens with zero attached hydrogens (tertiary/aromatic N) is 1. The number of pyridine rings is 1. The van der Waals surface area contributed by atoms with Crippen LogP contribution in [0.3, 0.4) is 0 Å². The summed E-state index contributed by atoms with van der Waals surface area (Å²) in [5, 5.41) is 6.82. The average molecular weight is 221 g/mol. The quantitative estimate of drug-likeness (QED) is 0.772. The minimum absolute atomic E-state index is 0.116. The van der Waals surface area contributed by atoms with Gasteiger partial charge in [-0.05, 0) is 32.8 Å². The lowest BCUT2D eigenvalue weighted by atomic mass is 10.0. The van der Waals surface area contributed by atoms with Crippen LogP contribution in [0, 0.1) is 0 Å². The highest BCUT2D eigenvalue weighted by Crippen LogP contribution is 2.19. The third-order valence-electron chi connectivity index (χ3n) is 2.68. The predicted octanol–water partition coefficient (Wildman–Crippen LogP) is 3.50. The molecule has 0 radical (unpaired) electrons. The maximum atomic E-state index is 4.23. The molecule has 0 aromatic carbocycles. The van der Waals surface area contributed by atoms with Gasteiger partial charge in [0, 0.05) is 12.1 Å². The Morgan fingerprint density at radius 2 is 1.88 bits per heavy atom. The van der Waals surface area contributed by atoms with Crippen LogP contribution in [-0.4, -0.2) is 17.1 Å². The van der Waals surface area contributed by atoms with Crippen molar-refractivity contribution in [3.05, 3.63) is 18.5 Å². The van der Waals surface area contributed by atoms with Crippen molar-refractivity contribution in [3.63, 3.8) is 0 Å². The van der Waals surface area contributed by atoms with Crippen molar-refractivity contribution >= 4 is 11.4 Å². The first-order valence-corrected chi connectivity index (χ1v) is 6.04. The van der Waals surface area contributed by atoms with Gasteiger partial charge in [0.05, 0.1) is 23.8 Å². The third-order valence-corrected chi connectivity index (χ3v) is 2.68. The van der Waals surface area contributed by atoms with E-state index in [9.17, 15) is 0 Å². The van der Waals surface area contributed by atoms with E-state index in [0.29, 0.717) is 0 Å². The van der Waals surface area contributed by atoms with Crippen LogP contribution in [0.2, 0.25) is 0 Å². The van der Waals surface area contributed by atoms with E-state index in [4.69, 9.17) is 0 Å². The molecule has 0 fully saturated rings. The third kappa shape index (κ3) is 4.09. The zero-order chi connectivity index (χ0) is 12.0. The van der Waals surface area contributed by atoms with Crippen molar-refractivity contribution in [2.24, 2.45) is 0 Å². The Hall–Kier alpha value is -1.25. The van der Waals surface area contributed by atoms with Gasteiger partial charge in [-0.2, -0.15) is 0 Å². The zero-order valence-corrected chi connectivity index (χ0v) is 10.8. The van der Waals surface area contributed by atoms with Crippen molar-refractivity contribution in [1.29, 1.82) is 0 Å². The number of rotatable bonds is 6. The molecule has 1 aromatic heterocycles. The lowest BCUT2D eigenvalue weighted by Gasteiger charge is -2.25. The Balaban J connectivity index is 2.67. The van der Waals surface area contributed by atoms with Crippen LogP contribution >= 0.6 is 0 Å². The molecule has 0 aliphatic rings. The van der Waals surface area contributed by atoms with Crippen LogP contribution in [-0.2, 0) is 0 Å². The summed E-state index contributed by atoms with van der Waals surface area (Å²) in [5.74, 6) is 0. The minimum atomic E-state index is 0.116. The Morgan fingerprint density at radius 1 is 1.19 bits per heavy atom. The SMILES string of the molecule is CCCNc1cncc(NC(C)(C)CC)c1. The Labute approximate surface area is 98.7 Å². The minimum Gasteiger partial charge on any atom is -0.384 e. The van der Waals surface area contributed by atoms with Crippen LogP contribution in [0.25, 0.3) is 0 Å². The summed E-state index contributed by atoms with van der Waals surface area (Å²) >= 11 is 0. The van der Waals surface area contributed by atoms with Crippen molar-refractivity contribution < 1.29 is 0 Å². The van der Waals surface area contributed by atoms with Gasteiger partial charge >= 0.3 is 0 Å². The van der Waals surface area contributed by atoms with Gasteiger partial charge in [-0.1, -0.05) is 13.8 Å². The van der Waals surface area contributed by atoms with E-state index in [1.165, 1.54) is 0 Å². The van der Waals surface area contributed by atoms with Gasteiger partial charge in [-0.25, -0.2) is 0 Å². The summed E-state index contributed by atoms with van der Waals surface area (Å²) in [6.45, 7) is 9.71. The molecule has 0 aliphatic heterocycles. The van der Waals surface area contributed by atoms with E-state index in [0.717, 1.165) is 30.8 Å². The van der Waals surface area contributed by atoms with Crippen molar-refractivity contribution in [2.75, 3.05) is 17.2 Å². The molecule has 2 N–H and O–H groups in total. The van der Waals surface area contributed by atoms with Crippen LogP contribution in [0.4, 0.5) is 11.4 Å². The maximum absolute atomic E-state index is 4.23. The molecule has 0 saturated carbocycles. The highest BCUT2D eigenvalue weighted by Gasteiger charge is 2.14. The topological polar surface area (TPSA) is 37.0 Å². The molecule has 0 unspecified atom stereocenters. The fourth-order valence-corrected chi connectivity index (χ4v) is 1.35. The van der Waals surface area contributed by atoms with Crippen molar-refractivity contribution in [1.82, 2.24) is 4.98 Å². The molecule has 3 heteroatoms. The average Bonchev–Trinajstić information content (AvgIpc) is 2.26. The summed E-state index contributed by atoms with van der Waals surface area (Å²) in [7, 11) is 0. The molecule has 1 heterocycles. The summed E-state index contributed by atoms with van der Waals surface area (Å²) in [4.78, 5) is 4.23. The van der Waals surface area contributed by atoms with Crippen LogP contribution in [0.5, 0.6) is 0 Å². The van der Waals surface area contributed by atoms with Gasteiger partial charge in [0.1, 0.15) is 0 Å². The van der Waals surface area contributed by atoms with Crippen LogP contribution in [0.15, 0.2) is 18.5 Å². The van der Waals surface area contributed by atoms with E-state index < -0.39 is 0 Å². The summed E-state index contributed by atoms with van der Waals surface area (Å²) in [6.07, 6.45) is 5.94. The second-order valence-electron chi connectivity index (χ2n) is 4.75. The monoisotopic (exact) mass is 221 g/mol. The van der Waals surface area contributed by atoms with Gasteiger partial charge in [0.15, 0.2) is 0 Å². The number of hydrogen-bond donors (Lipinski definition) is 2. The lowest BCUT2D eigenvalue weighted by molar-refractivity contribution is 0.547. The van der Waals surface area contributed by atoms with E-state index in [2.05, 4.69) is 49.4 Å². The van der Waals surface area contributed by atoms with Crippen LogP contribution < -0.4 is 10.6 Å². The van der Waals surface area contributed by atoms with Crippen molar-refractivity contribution in [3.8, 4) is 0 Å². The first-order chi connectivity index (χ1) is 7.57. The Bertz CT molecular complexity index is 321. The second-order valence-corrected chi connectivity index (χ2v) is 4.75. The molecule has 0 bridgehead atoms. The number of hydrogen-bond acceptors (Lipinski definition) is 3. The molecule has 0 saturated heterocycles. The smallest absolute Gasteiger partial charge is 0.0551 e. The summed E-state index contributed by atoms with van der Waals surface area (Å²) < 4.78 is 0. The Morgan fingerprint density at radius 3 is 2.50 bits per heavy atom. The predicted molar refractivity (Wildman–Crippen MR) is 71.0 cm³/mol. The highest BCUT2D eigenvalue weighted by molar-refractivity contribution is 5.54. The molecule has 90 valence electrons. The normalized spacial score (nSPS) is 11.2. The van der Waals surface area contributed by atoms with Gasteiger partial charge in [0.25, 0.3) is 0 Å². The highest BCUT2D eigenvalue weighted by atomic mass is 15.0. The molecule has 0 spiro atoms. The summed E-state index contributed by atoms with van der Waals surface area (Å²) in [5.41, 5.74) is 2.28. The maximum Gasteiger partial charge on any atom is 0.0551 e. The molecular weight excluding hydrogens is 198 g/mol. The Kier molecular flexibility index (Phi) is 4.59. The van der Waals surface area contributed by atoms with Crippen molar-refractivity contribution in [2.45, 2.75) is 46.1 Å². The van der Waals surface area contributed by atoms with E-state index in [-0.39, 0.29) is 5.54 Å². The zero-order valence-electron chi connectivity index (χ0n) is 10.8. The fraction of sp³-hybridized carbons (Fsp3) is 0.615. The van der Waals surface area contributed by atoms with E-state index in [1.54, 1.807) is 0 Å². The molecule has 3 nitrogen and oxygen atoms in total. The van der Waals surface area contributed by atoms with Gasteiger partial charge in [-0.3, -0.25) is 4.98 Å². The molecule has 1 rings (SSSR count). The molecule has 0 aliphatic carbocycles. The summed E-state index contributed by atoms with van der Waals surface area (Å²) in [6, 6.07) is 2.11. The van der Waals surface area contributed by atoms with E-state index in [1.807, 2.05) is 12.4 Å². The first kappa shape index (κ1) is 12.8. The van der Waals surface area contributed by atoms with Gasteiger partial charge in [-0.15, -0.1) is 0 Å². The molecule has 0 amide bonds. The fourth-order valence-electron chi connectivity index (χ4n) is 1.35. The second kappa shape index (κ2) is 5.73.